The number of halogens is 1. The molecule has 2 unspecified atom stereocenters. The normalized spacial score (nSPS) is 12.7. The number of aromatic nitrogens is 4. The zero-order valence-electron chi connectivity index (χ0n) is 22.1. The maximum Gasteiger partial charge on any atom is 0.349 e. The van der Waals surface area contributed by atoms with Gasteiger partial charge in [-0.2, -0.15) is 4.68 Å². The van der Waals surface area contributed by atoms with Crippen molar-refractivity contribution in [2.45, 2.75) is 19.1 Å². The standard InChI is InChI=1S/C27H31FN8O3/c1-16(15-35(2)3)39-21-14-19(38-4)13-20(23(21)28)24(32-18-10-8-17(9-11-18)25(29)30)26-33-27(37)36(34-26)22-7-5-6-12-31-22/h5-14,16,24,32H,15H2,1-4H3,(H3,29,30)(H,33,34,37). The lowest BCUT2D eigenvalue weighted by atomic mass is 10.0. The Kier molecular flexibility index (Phi) is 8.25. The fourth-order valence-corrected chi connectivity index (χ4v) is 4.09. The molecule has 0 saturated heterocycles. The van der Waals surface area contributed by atoms with Crippen molar-refractivity contribution < 1.29 is 13.9 Å². The van der Waals surface area contributed by atoms with Crippen LogP contribution in [0.4, 0.5) is 10.1 Å². The molecule has 0 spiro atoms. The van der Waals surface area contributed by atoms with Gasteiger partial charge in [0, 0.05) is 35.6 Å². The summed E-state index contributed by atoms with van der Waals surface area (Å²) >= 11 is 0. The van der Waals surface area contributed by atoms with Crippen LogP contribution < -0.4 is 26.2 Å². The Balaban J connectivity index is 1.82. The number of nitrogens with two attached hydrogens (primary N) is 1. The van der Waals surface area contributed by atoms with Gasteiger partial charge < -0.3 is 25.4 Å². The minimum Gasteiger partial charge on any atom is -0.497 e. The molecule has 12 heteroatoms. The zero-order valence-corrected chi connectivity index (χ0v) is 22.1. The average Bonchev–Trinajstić information content (AvgIpc) is 3.30. The summed E-state index contributed by atoms with van der Waals surface area (Å²) in [6.45, 7) is 2.41. The van der Waals surface area contributed by atoms with Gasteiger partial charge in [-0.25, -0.2) is 14.2 Å². The van der Waals surface area contributed by atoms with E-state index in [-0.39, 0.29) is 29.1 Å². The van der Waals surface area contributed by atoms with Crippen LogP contribution in [0.1, 0.15) is 29.9 Å². The number of methoxy groups -OCH3 is 1. The minimum atomic E-state index is -0.965. The number of amidine groups is 1. The maximum atomic E-state index is 16.1. The molecule has 0 aliphatic carbocycles. The summed E-state index contributed by atoms with van der Waals surface area (Å²) in [4.78, 5) is 21.7. The molecule has 0 aliphatic rings. The molecule has 5 N–H and O–H groups in total. The van der Waals surface area contributed by atoms with Gasteiger partial charge in [0.1, 0.15) is 23.7 Å². The number of H-pyrrole nitrogens is 1. The van der Waals surface area contributed by atoms with Crippen LogP contribution in [-0.4, -0.2) is 64.3 Å². The number of anilines is 1. The molecule has 2 aromatic carbocycles. The molecule has 0 bridgehead atoms. The summed E-state index contributed by atoms with van der Waals surface area (Å²) in [5.74, 6) is 0.104. The number of pyridine rings is 1. The Labute approximate surface area is 224 Å². The third-order valence-corrected chi connectivity index (χ3v) is 5.82. The van der Waals surface area contributed by atoms with Crippen molar-refractivity contribution in [2.24, 2.45) is 5.73 Å². The Morgan fingerprint density at radius 2 is 1.97 bits per heavy atom. The number of nitrogens with zero attached hydrogens (tertiary/aromatic N) is 4. The number of ether oxygens (including phenoxy) is 2. The van der Waals surface area contributed by atoms with Crippen molar-refractivity contribution in [3.05, 3.63) is 94.0 Å². The highest BCUT2D eigenvalue weighted by Gasteiger charge is 2.27. The van der Waals surface area contributed by atoms with E-state index in [0.29, 0.717) is 29.4 Å². The Bertz CT molecular complexity index is 1490. The highest BCUT2D eigenvalue weighted by Crippen LogP contribution is 2.35. The van der Waals surface area contributed by atoms with Crippen LogP contribution in [0.5, 0.6) is 11.5 Å². The second kappa shape index (κ2) is 11.8. The molecule has 2 atom stereocenters. The van der Waals surface area contributed by atoms with E-state index in [9.17, 15) is 4.79 Å². The fourth-order valence-electron chi connectivity index (χ4n) is 4.09. The lowest BCUT2D eigenvalue weighted by Gasteiger charge is -2.23. The van der Waals surface area contributed by atoms with Crippen LogP contribution in [0.2, 0.25) is 0 Å². The van der Waals surface area contributed by atoms with Crippen LogP contribution in [0.15, 0.2) is 65.6 Å². The van der Waals surface area contributed by atoms with Crippen molar-refractivity contribution in [1.82, 2.24) is 24.6 Å². The van der Waals surface area contributed by atoms with E-state index in [2.05, 4.69) is 20.4 Å². The van der Waals surface area contributed by atoms with Gasteiger partial charge in [0.15, 0.2) is 23.2 Å². The average molecular weight is 535 g/mol. The van der Waals surface area contributed by atoms with Gasteiger partial charge in [-0.15, -0.1) is 5.10 Å². The van der Waals surface area contributed by atoms with Gasteiger partial charge in [0.25, 0.3) is 0 Å². The molecule has 2 heterocycles. The lowest BCUT2D eigenvalue weighted by molar-refractivity contribution is 0.169. The van der Waals surface area contributed by atoms with Crippen molar-refractivity contribution in [1.29, 1.82) is 5.41 Å². The number of aromatic amines is 1. The highest BCUT2D eigenvalue weighted by molar-refractivity contribution is 5.95. The predicted octanol–water partition coefficient (Wildman–Crippen LogP) is 2.92. The molecule has 204 valence electrons. The quantitative estimate of drug-likeness (QED) is 0.170. The first-order valence-corrected chi connectivity index (χ1v) is 12.2. The minimum absolute atomic E-state index is 0.00364. The summed E-state index contributed by atoms with van der Waals surface area (Å²) in [6, 6.07) is 13.9. The van der Waals surface area contributed by atoms with Gasteiger partial charge in [0.2, 0.25) is 0 Å². The Hall–Kier alpha value is -4.71. The van der Waals surface area contributed by atoms with Crippen molar-refractivity contribution >= 4 is 11.5 Å². The summed E-state index contributed by atoms with van der Waals surface area (Å²) < 4.78 is 28.6. The molecule has 39 heavy (non-hydrogen) atoms. The van der Waals surface area contributed by atoms with E-state index in [0.717, 1.165) is 4.68 Å². The van der Waals surface area contributed by atoms with Gasteiger partial charge in [-0.1, -0.05) is 6.07 Å². The first kappa shape index (κ1) is 27.3. The molecule has 0 aliphatic heterocycles. The molecule has 4 rings (SSSR count). The third-order valence-electron chi connectivity index (χ3n) is 5.82. The topological polar surface area (TPSA) is 147 Å². The number of rotatable bonds is 11. The van der Waals surface area contributed by atoms with E-state index >= 15 is 4.39 Å². The number of nitrogens with one attached hydrogen (secondary N) is 3. The van der Waals surface area contributed by atoms with E-state index in [1.807, 2.05) is 25.9 Å². The molecule has 11 nitrogen and oxygen atoms in total. The van der Waals surface area contributed by atoms with Gasteiger partial charge >= 0.3 is 5.69 Å². The van der Waals surface area contributed by atoms with Crippen molar-refractivity contribution in [2.75, 3.05) is 33.1 Å². The van der Waals surface area contributed by atoms with Crippen LogP contribution >= 0.6 is 0 Å². The van der Waals surface area contributed by atoms with Crippen LogP contribution in [-0.2, 0) is 0 Å². The molecule has 4 aromatic rings. The molecule has 0 amide bonds. The summed E-state index contributed by atoms with van der Waals surface area (Å²) in [7, 11) is 5.28. The first-order chi connectivity index (χ1) is 18.7. The third kappa shape index (κ3) is 6.41. The molecule has 0 fully saturated rings. The predicted molar refractivity (Wildman–Crippen MR) is 146 cm³/mol. The molecular formula is C27H31FN8O3. The van der Waals surface area contributed by atoms with Crippen LogP contribution in [0.25, 0.3) is 5.82 Å². The summed E-state index contributed by atoms with van der Waals surface area (Å²) in [5.41, 5.74) is 6.29. The first-order valence-electron chi connectivity index (χ1n) is 12.2. The second-order valence-electron chi connectivity index (χ2n) is 9.20. The van der Waals surface area contributed by atoms with Crippen LogP contribution in [0, 0.1) is 11.2 Å². The van der Waals surface area contributed by atoms with Crippen LogP contribution in [0.3, 0.4) is 0 Å². The van der Waals surface area contributed by atoms with Gasteiger partial charge in [-0.05, 0) is 63.5 Å². The van der Waals surface area contributed by atoms with E-state index < -0.39 is 17.5 Å². The number of hydrogen-bond donors (Lipinski definition) is 4. The second-order valence-corrected chi connectivity index (χ2v) is 9.20. The molecule has 0 saturated carbocycles. The van der Waals surface area contributed by atoms with E-state index in [1.54, 1.807) is 48.7 Å². The number of benzene rings is 2. The van der Waals surface area contributed by atoms with E-state index in [1.165, 1.54) is 19.2 Å². The number of hydrogen-bond acceptors (Lipinski definition) is 8. The molecule has 2 aromatic heterocycles. The number of nitrogen functional groups attached to an aromatic ring is 1. The van der Waals surface area contributed by atoms with Gasteiger partial charge in [0.05, 0.1) is 7.11 Å². The summed E-state index contributed by atoms with van der Waals surface area (Å²) in [6.07, 6.45) is 1.23. The Morgan fingerprint density at radius 1 is 1.23 bits per heavy atom. The lowest BCUT2D eigenvalue weighted by Crippen LogP contribution is -2.28. The fraction of sp³-hybridized carbons (Fsp3) is 0.259. The van der Waals surface area contributed by atoms with Crippen molar-refractivity contribution in [3.8, 4) is 17.3 Å². The maximum absolute atomic E-state index is 16.1. The molecule has 0 radical (unpaired) electrons. The largest absolute Gasteiger partial charge is 0.497 e. The Morgan fingerprint density at radius 3 is 2.59 bits per heavy atom. The SMILES string of the molecule is COc1cc(OC(C)CN(C)C)c(F)c(C(Nc2ccc(C(=N)N)cc2)c2nn(-c3ccccn3)c(=O)[nH]2)c1. The highest BCUT2D eigenvalue weighted by atomic mass is 19.1. The van der Waals surface area contributed by atoms with Gasteiger partial charge in [-0.3, -0.25) is 10.4 Å². The summed E-state index contributed by atoms with van der Waals surface area (Å²) in [5, 5.41) is 15.3. The van der Waals surface area contributed by atoms with E-state index in [4.69, 9.17) is 20.6 Å². The van der Waals surface area contributed by atoms with Crippen molar-refractivity contribution in [3.63, 3.8) is 0 Å². The molecular weight excluding hydrogens is 503 g/mol. The smallest absolute Gasteiger partial charge is 0.349 e. The number of likely N-dealkylation sites (N-methyl/N-ethyl adjacent to an activating group) is 1. The zero-order chi connectivity index (χ0) is 28.1. The monoisotopic (exact) mass is 534 g/mol.